The fraction of sp³-hybridized carbons (Fsp3) is 0.773. The van der Waals surface area contributed by atoms with Gasteiger partial charge < -0.3 is 25.8 Å². The Hall–Kier alpha value is -2.30. The summed E-state index contributed by atoms with van der Waals surface area (Å²) in [6.45, 7) is 4.82. The maximum absolute atomic E-state index is 13.4. The molecule has 0 bridgehead atoms. The van der Waals surface area contributed by atoms with Crippen molar-refractivity contribution in [2.45, 2.75) is 76.5 Å². The summed E-state index contributed by atoms with van der Waals surface area (Å²) in [5, 5.41) is 8.22. The smallest absolute Gasteiger partial charge is 0.246 e. The van der Waals surface area contributed by atoms with Crippen molar-refractivity contribution in [3.63, 3.8) is 0 Å². The lowest BCUT2D eigenvalue weighted by Gasteiger charge is -2.31. The Morgan fingerprint density at radius 1 is 1.03 bits per heavy atom. The maximum atomic E-state index is 13.4. The summed E-state index contributed by atoms with van der Waals surface area (Å²) in [5.41, 5.74) is 0. The molecular weight excluding hydrogens is 446 g/mol. The molecule has 3 aliphatic rings. The molecule has 0 spiro atoms. The summed E-state index contributed by atoms with van der Waals surface area (Å²) in [5.74, 6) is -1.61. The average molecular weight is 482 g/mol. The first-order chi connectivity index (χ1) is 15.7. The Morgan fingerprint density at radius 2 is 1.70 bits per heavy atom. The minimum absolute atomic E-state index is 0.229. The number of carbonyl (C=O) groups excluding carboxylic acids is 5. The van der Waals surface area contributed by atoms with Gasteiger partial charge in [0.25, 0.3) is 0 Å². The van der Waals surface area contributed by atoms with Gasteiger partial charge in [0, 0.05) is 19.6 Å². The van der Waals surface area contributed by atoms with Crippen LogP contribution < -0.4 is 16.0 Å². The number of hydrogen-bond donors (Lipinski definition) is 4. The number of nitrogens with one attached hydrogen (secondary N) is 3. The van der Waals surface area contributed by atoms with E-state index in [2.05, 4.69) is 28.6 Å². The second kappa shape index (κ2) is 11.2. The van der Waals surface area contributed by atoms with Crippen molar-refractivity contribution in [1.29, 1.82) is 0 Å². The Bertz CT molecular complexity index is 781. The van der Waals surface area contributed by atoms with E-state index in [9.17, 15) is 24.0 Å². The molecule has 11 heteroatoms. The molecule has 3 saturated heterocycles. The molecule has 0 aromatic rings. The van der Waals surface area contributed by atoms with Crippen molar-refractivity contribution in [2.75, 3.05) is 25.4 Å². The van der Waals surface area contributed by atoms with Crippen molar-refractivity contribution in [3.05, 3.63) is 0 Å². The number of nitrogens with zero attached hydrogens (tertiary/aromatic N) is 2. The van der Waals surface area contributed by atoms with Gasteiger partial charge in [-0.3, -0.25) is 24.0 Å². The minimum Gasteiger partial charge on any atom is -0.354 e. The monoisotopic (exact) mass is 481 g/mol. The van der Waals surface area contributed by atoms with Gasteiger partial charge in [0.2, 0.25) is 29.5 Å². The van der Waals surface area contributed by atoms with Gasteiger partial charge in [-0.05, 0) is 43.8 Å². The molecule has 3 N–H and O–H groups in total. The second-order valence-electron chi connectivity index (χ2n) is 9.30. The number of carbonyl (C=O) groups is 5. The molecule has 3 heterocycles. The second-order valence-corrected chi connectivity index (χ2v) is 9.75. The third-order valence-electron chi connectivity index (χ3n) is 6.59. The van der Waals surface area contributed by atoms with Gasteiger partial charge in [0.15, 0.2) is 0 Å². The molecule has 5 amide bonds. The van der Waals surface area contributed by atoms with E-state index < -0.39 is 36.0 Å². The van der Waals surface area contributed by atoms with E-state index in [0.717, 1.165) is 0 Å². The molecule has 10 nitrogen and oxygen atoms in total. The van der Waals surface area contributed by atoms with E-state index in [1.807, 2.05) is 0 Å². The fourth-order valence-electron chi connectivity index (χ4n) is 4.78. The van der Waals surface area contributed by atoms with Crippen molar-refractivity contribution in [3.8, 4) is 0 Å². The Labute approximate surface area is 200 Å². The molecule has 33 heavy (non-hydrogen) atoms. The lowest BCUT2D eigenvalue weighted by atomic mass is 10.0. The minimum atomic E-state index is -1.10. The van der Waals surface area contributed by atoms with Crippen LogP contribution in [0.3, 0.4) is 0 Å². The van der Waals surface area contributed by atoms with E-state index in [1.54, 1.807) is 18.7 Å². The van der Waals surface area contributed by atoms with Crippen LogP contribution in [0.25, 0.3) is 0 Å². The number of hydrogen-bond acceptors (Lipinski definition) is 6. The first-order valence-electron chi connectivity index (χ1n) is 11.8. The van der Waals surface area contributed by atoms with Crippen LogP contribution in [-0.2, 0) is 24.0 Å². The molecule has 0 aliphatic carbocycles. The van der Waals surface area contributed by atoms with Gasteiger partial charge in [-0.25, -0.2) is 0 Å². The highest BCUT2D eigenvalue weighted by molar-refractivity contribution is 7.80. The van der Waals surface area contributed by atoms with Crippen LogP contribution in [-0.4, -0.2) is 88.9 Å². The third-order valence-corrected chi connectivity index (χ3v) is 6.91. The lowest BCUT2D eigenvalue weighted by molar-refractivity contribution is -0.147. The van der Waals surface area contributed by atoms with Crippen LogP contribution in [0.2, 0.25) is 0 Å². The first kappa shape index (κ1) is 25.3. The number of rotatable bonds is 5. The molecule has 0 aromatic carbocycles. The van der Waals surface area contributed by atoms with Crippen LogP contribution in [0, 0.1) is 5.92 Å². The van der Waals surface area contributed by atoms with Crippen LogP contribution in [0.1, 0.15) is 52.4 Å². The number of amides is 5. The maximum Gasteiger partial charge on any atom is 0.246 e. The largest absolute Gasteiger partial charge is 0.354 e. The highest BCUT2D eigenvalue weighted by Gasteiger charge is 2.44. The quantitative estimate of drug-likeness (QED) is 0.309. The Balaban J connectivity index is 1.92. The van der Waals surface area contributed by atoms with E-state index in [-0.39, 0.29) is 30.1 Å². The molecular formula is C22H35N5O5S. The standard InChI is InChI=1S/C22H35N5O5S/c1-13(2)18-21(31)24-14(19(29)23-8-5-11-33)12-17(28)26-9-4-7-16(26)22(32)27-10-3-6-15(27)20(30)25-18/h13-16,18,33H,3-12H2,1-2H3,(H,23,29)(H,24,31)(H,25,30)/t14-,15+,16-,18-/m0/s1. The normalized spacial score (nSPS) is 29.0. The van der Waals surface area contributed by atoms with Gasteiger partial charge >= 0.3 is 0 Å². The van der Waals surface area contributed by atoms with E-state index in [1.165, 1.54) is 4.90 Å². The van der Waals surface area contributed by atoms with Gasteiger partial charge in [0.1, 0.15) is 24.2 Å². The van der Waals surface area contributed by atoms with Crippen LogP contribution in [0.5, 0.6) is 0 Å². The van der Waals surface area contributed by atoms with Crippen molar-refractivity contribution >= 4 is 42.2 Å². The van der Waals surface area contributed by atoms with E-state index in [0.29, 0.717) is 57.5 Å². The highest BCUT2D eigenvalue weighted by atomic mass is 32.1. The summed E-state index contributed by atoms with van der Waals surface area (Å²) in [6.07, 6.45) is 2.81. The predicted octanol–water partition coefficient (Wildman–Crippen LogP) is -0.566. The van der Waals surface area contributed by atoms with E-state index in [4.69, 9.17) is 0 Å². The SMILES string of the molecule is CC(C)[C@@H]1NC(=O)[C@H]2CCCN2C(=O)[C@@H]2CCCN2C(=O)C[C@@H](C(=O)NCCCS)NC1=O. The Morgan fingerprint density at radius 3 is 2.36 bits per heavy atom. The van der Waals surface area contributed by atoms with Crippen LogP contribution in [0.15, 0.2) is 0 Å². The molecule has 0 aromatic heterocycles. The third kappa shape index (κ3) is 5.80. The first-order valence-corrected chi connectivity index (χ1v) is 12.5. The van der Waals surface area contributed by atoms with Gasteiger partial charge in [-0.2, -0.15) is 12.6 Å². The zero-order chi connectivity index (χ0) is 24.1. The summed E-state index contributed by atoms with van der Waals surface area (Å²) >= 11 is 4.13. The molecule has 3 rings (SSSR count). The topological polar surface area (TPSA) is 128 Å². The van der Waals surface area contributed by atoms with Crippen LogP contribution in [0.4, 0.5) is 0 Å². The zero-order valence-corrected chi connectivity index (χ0v) is 20.2. The highest BCUT2D eigenvalue weighted by Crippen LogP contribution is 2.26. The summed E-state index contributed by atoms with van der Waals surface area (Å²) in [4.78, 5) is 68.6. The molecule has 0 saturated carbocycles. The Kier molecular flexibility index (Phi) is 8.61. The number of thiol groups is 1. The van der Waals surface area contributed by atoms with Gasteiger partial charge in [0.05, 0.1) is 6.42 Å². The fourth-order valence-corrected chi connectivity index (χ4v) is 4.94. The van der Waals surface area contributed by atoms with E-state index >= 15 is 0 Å². The van der Waals surface area contributed by atoms with Gasteiger partial charge in [-0.15, -0.1) is 0 Å². The molecule has 0 radical (unpaired) electrons. The van der Waals surface area contributed by atoms with Crippen molar-refractivity contribution < 1.29 is 24.0 Å². The average Bonchev–Trinajstić information content (AvgIpc) is 3.45. The summed E-state index contributed by atoms with van der Waals surface area (Å²) in [7, 11) is 0. The van der Waals surface area contributed by atoms with Crippen LogP contribution >= 0.6 is 12.6 Å². The van der Waals surface area contributed by atoms with Crippen molar-refractivity contribution in [2.24, 2.45) is 5.92 Å². The molecule has 3 aliphatic heterocycles. The van der Waals surface area contributed by atoms with Crippen molar-refractivity contribution in [1.82, 2.24) is 25.8 Å². The predicted molar refractivity (Wildman–Crippen MR) is 124 cm³/mol. The summed E-state index contributed by atoms with van der Waals surface area (Å²) in [6, 6.07) is -3.29. The van der Waals surface area contributed by atoms with Gasteiger partial charge in [-0.1, -0.05) is 13.8 Å². The number of fused-ring (bicyclic) bond motifs is 2. The molecule has 0 unspecified atom stereocenters. The molecule has 4 atom stereocenters. The summed E-state index contributed by atoms with van der Waals surface area (Å²) < 4.78 is 0. The lowest BCUT2D eigenvalue weighted by Crippen LogP contribution is -2.58. The molecule has 184 valence electrons. The molecule has 3 fully saturated rings. The zero-order valence-electron chi connectivity index (χ0n) is 19.3.